The molecule has 0 fully saturated rings. The quantitative estimate of drug-likeness (QED) is 0.307. The summed E-state index contributed by atoms with van der Waals surface area (Å²) in [6.07, 6.45) is 3.31. The first-order chi connectivity index (χ1) is 15.7. The second-order valence-corrected chi connectivity index (χ2v) is 8.86. The van der Waals surface area contributed by atoms with Gasteiger partial charge in [-0.15, -0.1) is 0 Å². The smallest absolute Gasteiger partial charge is 0.415 e. The van der Waals surface area contributed by atoms with Crippen LogP contribution in [0.3, 0.4) is 0 Å². The number of nitrogen functional groups attached to an aromatic ring is 1. The van der Waals surface area contributed by atoms with Crippen LogP contribution < -0.4 is 19.8 Å². The summed E-state index contributed by atoms with van der Waals surface area (Å²) in [5.41, 5.74) is 7.81. The predicted octanol–water partition coefficient (Wildman–Crippen LogP) is 3.51. The number of pyridine rings is 2. The first-order valence-corrected chi connectivity index (χ1v) is 11.5. The minimum absolute atomic E-state index is 0.00353. The normalized spacial score (nSPS) is 12.8. The van der Waals surface area contributed by atoms with E-state index in [-0.39, 0.29) is 17.4 Å². The molecular formula is C21H18F2N4O5P+. The Hall–Kier alpha value is -3.82. The minimum atomic E-state index is -3.82. The van der Waals surface area contributed by atoms with Crippen molar-refractivity contribution >= 4 is 13.4 Å². The molecule has 170 valence electrons. The lowest BCUT2D eigenvalue weighted by Crippen LogP contribution is -2.43. The van der Waals surface area contributed by atoms with Gasteiger partial charge < -0.3 is 14.2 Å². The Balaban J connectivity index is 1.47. The van der Waals surface area contributed by atoms with E-state index in [2.05, 4.69) is 10.1 Å². The molecule has 0 aliphatic rings. The number of anilines is 1. The molecule has 1 aromatic carbocycles. The molecule has 0 aliphatic heterocycles. The monoisotopic (exact) mass is 475 g/mol. The van der Waals surface area contributed by atoms with E-state index in [4.69, 9.17) is 19.6 Å². The summed E-state index contributed by atoms with van der Waals surface area (Å²) >= 11 is 0. The van der Waals surface area contributed by atoms with Gasteiger partial charge in [0.25, 0.3) is 0 Å². The van der Waals surface area contributed by atoms with Crippen molar-refractivity contribution in [3.05, 3.63) is 83.8 Å². The number of nitrogens with two attached hydrogens (primary N) is 1. The van der Waals surface area contributed by atoms with Gasteiger partial charge in [-0.3, -0.25) is 10.4 Å². The van der Waals surface area contributed by atoms with Gasteiger partial charge >= 0.3 is 13.4 Å². The molecule has 3 aromatic heterocycles. The van der Waals surface area contributed by atoms with Crippen molar-refractivity contribution in [2.45, 2.75) is 6.42 Å². The lowest BCUT2D eigenvalue weighted by molar-refractivity contribution is -0.847. The van der Waals surface area contributed by atoms with Crippen LogP contribution in [0.2, 0.25) is 0 Å². The fraction of sp³-hybridized carbons (Fsp3) is 0.0952. The lowest BCUT2D eigenvalue weighted by atomic mass is 10.1. The zero-order valence-electron chi connectivity index (χ0n) is 17.2. The number of halogens is 2. The van der Waals surface area contributed by atoms with Gasteiger partial charge in [0.2, 0.25) is 5.88 Å². The Morgan fingerprint density at radius 3 is 2.61 bits per heavy atom. The molecule has 0 radical (unpaired) electrons. The van der Waals surface area contributed by atoms with Gasteiger partial charge in [0.1, 0.15) is 29.1 Å². The van der Waals surface area contributed by atoms with Crippen LogP contribution >= 0.6 is 7.60 Å². The van der Waals surface area contributed by atoms with Gasteiger partial charge in [0.05, 0.1) is 12.4 Å². The molecule has 0 spiro atoms. The minimum Gasteiger partial charge on any atom is -0.439 e. The molecule has 3 N–H and O–H groups in total. The summed E-state index contributed by atoms with van der Waals surface area (Å²) in [6, 6.07) is 11.0. The van der Waals surface area contributed by atoms with E-state index in [1.165, 1.54) is 12.4 Å². The summed E-state index contributed by atoms with van der Waals surface area (Å²) in [5.74, 6) is -0.933. The highest BCUT2D eigenvalue weighted by Crippen LogP contribution is 2.31. The summed E-state index contributed by atoms with van der Waals surface area (Å²) in [6.45, 7) is 1.04. The van der Waals surface area contributed by atoms with Crippen LogP contribution in [-0.4, -0.2) is 21.7 Å². The molecule has 33 heavy (non-hydrogen) atoms. The van der Waals surface area contributed by atoms with E-state index in [1.807, 2.05) is 0 Å². The SMILES string of the molecule is CP(=O)(O)O[n+]1cccc(-c2cc(Cc3ccc(Oc4cc(F)cc(F)c4)nc3)no2)c1N. The molecule has 1 unspecified atom stereocenters. The van der Waals surface area contributed by atoms with Crippen molar-refractivity contribution < 1.29 is 36.9 Å². The molecule has 0 saturated carbocycles. The maximum atomic E-state index is 13.3. The van der Waals surface area contributed by atoms with Gasteiger partial charge in [-0.25, -0.2) is 18.3 Å². The summed E-state index contributed by atoms with van der Waals surface area (Å²) in [4.78, 5) is 13.6. The van der Waals surface area contributed by atoms with Crippen LogP contribution in [-0.2, 0) is 11.0 Å². The zero-order valence-corrected chi connectivity index (χ0v) is 18.1. The van der Waals surface area contributed by atoms with Gasteiger partial charge in [-0.05, 0) is 22.4 Å². The Morgan fingerprint density at radius 1 is 1.18 bits per heavy atom. The Labute approximate surface area is 186 Å². The average molecular weight is 475 g/mol. The molecule has 0 aliphatic carbocycles. The molecule has 4 rings (SSSR count). The van der Waals surface area contributed by atoms with Crippen LogP contribution in [0.25, 0.3) is 11.3 Å². The molecule has 4 aromatic rings. The van der Waals surface area contributed by atoms with E-state index in [9.17, 15) is 18.2 Å². The van der Waals surface area contributed by atoms with E-state index < -0.39 is 19.2 Å². The number of aromatic nitrogens is 3. The second kappa shape index (κ2) is 8.97. The average Bonchev–Trinajstić information content (AvgIpc) is 3.17. The zero-order chi connectivity index (χ0) is 23.6. The van der Waals surface area contributed by atoms with Crippen molar-refractivity contribution in [2.75, 3.05) is 12.4 Å². The number of benzene rings is 1. The number of hydrogen-bond donors (Lipinski definition) is 2. The van der Waals surface area contributed by atoms with Crippen LogP contribution in [0, 0.1) is 11.6 Å². The number of rotatable bonds is 7. The Kier molecular flexibility index (Phi) is 6.08. The van der Waals surface area contributed by atoms with Crippen LogP contribution in [0.4, 0.5) is 14.6 Å². The molecule has 3 heterocycles. The van der Waals surface area contributed by atoms with Crippen molar-refractivity contribution in [1.82, 2.24) is 10.1 Å². The Bertz CT molecular complexity index is 1320. The standard InChI is InChI=1S/C21H17F2N4O5P/c1-33(28,29)32-27-6-2-3-18(21(27)24)19-11-16(26-31-19)7-13-4-5-20(25-12-13)30-17-9-14(22)8-15(23)10-17/h2-6,8-12,24H,7H2,1H3,(H,28,29)/p+1. The fourth-order valence-electron chi connectivity index (χ4n) is 2.96. The van der Waals surface area contributed by atoms with Crippen molar-refractivity contribution in [3.63, 3.8) is 0 Å². The maximum Gasteiger partial charge on any atom is 0.415 e. The highest BCUT2D eigenvalue weighted by molar-refractivity contribution is 7.51. The van der Waals surface area contributed by atoms with Crippen molar-refractivity contribution in [2.24, 2.45) is 0 Å². The third-order valence-electron chi connectivity index (χ3n) is 4.30. The first-order valence-electron chi connectivity index (χ1n) is 9.51. The molecule has 0 amide bonds. The van der Waals surface area contributed by atoms with E-state index in [0.717, 1.165) is 35.2 Å². The van der Waals surface area contributed by atoms with Crippen LogP contribution in [0.1, 0.15) is 11.3 Å². The summed E-state index contributed by atoms with van der Waals surface area (Å²) in [7, 11) is -3.82. The fourth-order valence-corrected chi connectivity index (χ4v) is 3.43. The predicted molar refractivity (Wildman–Crippen MR) is 112 cm³/mol. The van der Waals surface area contributed by atoms with E-state index >= 15 is 0 Å². The van der Waals surface area contributed by atoms with E-state index in [1.54, 1.807) is 30.3 Å². The summed E-state index contributed by atoms with van der Waals surface area (Å²) < 4.78 is 54.8. The van der Waals surface area contributed by atoms with Crippen molar-refractivity contribution in [3.8, 4) is 23.0 Å². The largest absolute Gasteiger partial charge is 0.439 e. The van der Waals surface area contributed by atoms with Gasteiger partial charge in [0, 0.05) is 42.9 Å². The highest BCUT2D eigenvalue weighted by Gasteiger charge is 2.23. The maximum absolute atomic E-state index is 13.3. The highest BCUT2D eigenvalue weighted by atomic mass is 31.2. The van der Waals surface area contributed by atoms with E-state index in [0.29, 0.717) is 23.4 Å². The molecular weight excluding hydrogens is 457 g/mol. The molecule has 0 saturated heterocycles. The number of ether oxygens (including phenoxy) is 1. The van der Waals surface area contributed by atoms with Crippen LogP contribution in [0.5, 0.6) is 11.6 Å². The number of hydrogen-bond acceptors (Lipinski definition) is 7. The second-order valence-electron chi connectivity index (χ2n) is 7.09. The van der Waals surface area contributed by atoms with Gasteiger partial charge in [-0.2, -0.15) is 0 Å². The first kappa shape index (κ1) is 22.4. The summed E-state index contributed by atoms with van der Waals surface area (Å²) in [5, 5.41) is 4.02. The van der Waals surface area contributed by atoms with Crippen molar-refractivity contribution in [1.29, 1.82) is 0 Å². The molecule has 12 heteroatoms. The van der Waals surface area contributed by atoms with Crippen LogP contribution in [0.15, 0.2) is 65.4 Å². The Morgan fingerprint density at radius 2 is 1.94 bits per heavy atom. The molecule has 0 bridgehead atoms. The topological polar surface area (TPSA) is 125 Å². The third kappa shape index (κ3) is 5.71. The van der Waals surface area contributed by atoms with Gasteiger partial charge in [-0.1, -0.05) is 11.2 Å². The number of nitrogens with zero attached hydrogens (tertiary/aromatic N) is 3. The molecule has 1 atom stereocenters. The lowest BCUT2D eigenvalue weighted by Gasteiger charge is -2.07. The van der Waals surface area contributed by atoms with Gasteiger partial charge in [0.15, 0.2) is 5.76 Å². The third-order valence-corrected chi connectivity index (χ3v) is 4.78. The molecule has 9 nitrogen and oxygen atoms in total.